The summed E-state index contributed by atoms with van der Waals surface area (Å²) in [6.45, 7) is 3.09. The Morgan fingerprint density at radius 2 is 2.35 bits per heavy atom. The van der Waals surface area contributed by atoms with Crippen LogP contribution in [0.5, 0.6) is 5.75 Å². The van der Waals surface area contributed by atoms with Crippen LogP contribution in [0, 0.1) is 10.1 Å². The lowest BCUT2D eigenvalue weighted by Crippen LogP contribution is -2.43. The first-order valence-electron chi connectivity index (χ1n) is 6.46. The van der Waals surface area contributed by atoms with E-state index in [0.717, 1.165) is 13.1 Å². The fourth-order valence-electron chi connectivity index (χ4n) is 2.13. The SMILES string of the molecule is COc1cc(NCC2CN(C)CCO2)cc([N+](=O)[O-])c1. The van der Waals surface area contributed by atoms with Gasteiger partial charge in [0.15, 0.2) is 0 Å². The molecule has 2 rings (SSSR count). The van der Waals surface area contributed by atoms with E-state index in [0.29, 0.717) is 24.6 Å². The first kappa shape index (κ1) is 14.5. The van der Waals surface area contributed by atoms with E-state index in [9.17, 15) is 10.1 Å². The molecule has 1 saturated heterocycles. The molecule has 1 fully saturated rings. The van der Waals surface area contributed by atoms with Crippen molar-refractivity contribution in [3.05, 3.63) is 28.3 Å². The summed E-state index contributed by atoms with van der Waals surface area (Å²) in [4.78, 5) is 12.6. The molecule has 1 aliphatic heterocycles. The van der Waals surface area contributed by atoms with E-state index in [2.05, 4.69) is 10.2 Å². The molecule has 0 bridgehead atoms. The van der Waals surface area contributed by atoms with Gasteiger partial charge in [0.25, 0.3) is 5.69 Å². The van der Waals surface area contributed by atoms with Gasteiger partial charge in [-0.05, 0) is 7.05 Å². The number of morpholine rings is 1. The number of nitro groups is 1. The number of hydrogen-bond donors (Lipinski definition) is 1. The van der Waals surface area contributed by atoms with Gasteiger partial charge in [-0.15, -0.1) is 0 Å². The predicted molar refractivity (Wildman–Crippen MR) is 75.4 cm³/mol. The number of benzene rings is 1. The van der Waals surface area contributed by atoms with Gasteiger partial charge in [-0.3, -0.25) is 10.1 Å². The van der Waals surface area contributed by atoms with Crippen molar-refractivity contribution in [1.82, 2.24) is 4.90 Å². The third kappa shape index (κ3) is 3.82. The maximum absolute atomic E-state index is 10.9. The highest BCUT2D eigenvalue weighted by atomic mass is 16.6. The van der Waals surface area contributed by atoms with Crippen molar-refractivity contribution >= 4 is 11.4 Å². The van der Waals surface area contributed by atoms with Crippen LogP contribution >= 0.6 is 0 Å². The molecule has 1 aromatic rings. The summed E-state index contributed by atoms with van der Waals surface area (Å²) in [7, 11) is 3.54. The van der Waals surface area contributed by atoms with Crippen LogP contribution in [0.3, 0.4) is 0 Å². The number of methoxy groups -OCH3 is 1. The topological polar surface area (TPSA) is 76.9 Å². The Labute approximate surface area is 117 Å². The van der Waals surface area contributed by atoms with Crippen LogP contribution in [-0.2, 0) is 4.74 Å². The van der Waals surface area contributed by atoms with E-state index >= 15 is 0 Å². The molecule has 7 heteroatoms. The normalized spacial score (nSPS) is 19.6. The highest BCUT2D eigenvalue weighted by Crippen LogP contribution is 2.25. The zero-order valence-corrected chi connectivity index (χ0v) is 11.7. The van der Waals surface area contributed by atoms with Gasteiger partial charge in [-0.25, -0.2) is 0 Å². The van der Waals surface area contributed by atoms with E-state index in [1.807, 2.05) is 7.05 Å². The highest BCUT2D eigenvalue weighted by molar-refractivity contribution is 5.56. The number of nitrogens with zero attached hydrogens (tertiary/aromatic N) is 2. The summed E-state index contributed by atoms with van der Waals surface area (Å²) in [5.74, 6) is 0.461. The Bertz CT molecular complexity index is 481. The molecule has 0 saturated carbocycles. The lowest BCUT2D eigenvalue weighted by molar-refractivity contribution is -0.384. The summed E-state index contributed by atoms with van der Waals surface area (Å²) < 4.78 is 10.7. The van der Waals surface area contributed by atoms with Crippen LogP contribution in [0.1, 0.15) is 0 Å². The number of hydrogen-bond acceptors (Lipinski definition) is 6. The maximum atomic E-state index is 10.9. The largest absolute Gasteiger partial charge is 0.496 e. The van der Waals surface area contributed by atoms with E-state index in [4.69, 9.17) is 9.47 Å². The second kappa shape index (κ2) is 6.53. The van der Waals surface area contributed by atoms with Crippen LogP contribution in [0.15, 0.2) is 18.2 Å². The van der Waals surface area contributed by atoms with Crippen molar-refractivity contribution < 1.29 is 14.4 Å². The predicted octanol–water partition coefficient (Wildman–Crippen LogP) is 1.35. The van der Waals surface area contributed by atoms with Crippen molar-refractivity contribution in [2.45, 2.75) is 6.10 Å². The second-order valence-corrected chi connectivity index (χ2v) is 4.81. The first-order valence-corrected chi connectivity index (χ1v) is 6.46. The van der Waals surface area contributed by atoms with Gasteiger partial charge in [0.05, 0.1) is 30.8 Å². The van der Waals surface area contributed by atoms with E-state index < -0.39 is 4.92 Å². The highest BCUT2D eigenvalue weighted by Gasteiger charge is 2.18. The fraction of sp³-hybridized carbons (Fsp3) is 0.538. The summed E-state index contributed by atoms with van der Waals surface area (Å²) >= 11 is 0. The van der Waals surface area contributed by atoms with Gasteiger partial charge in [0.2, 0.25) is 0 Å². The molecule has 0 radical (unpaired) electrons. The third-order valence-electron chi connectivity index (χ3n) is 3.21. The van der Waals surface area contributed by atoms with Gasteiger partial charge in [-0.2, -0.15) is 0 Å². The first-order chi connectivity index (χ1) is 9.58. The lowest BCUT2D eigenvalue weighted by Gasteiger charge is -2.30. The molecule has 1 N–H and O–H groups in total. The van der Waals surface area contributed by atoms with Crippen molar-refractivity contribution in [2.75, 3.05) is 45.7 Å². The zero-order valence-electron chi connectivity index (χ0n) is 11.7. The number of anilines is 1. The number of non-ortho nitro benzene ring substituents is 1. The molecular weight excluding hydrogens is 262 g/mol. The monoisotopic (exact) mass is 281 g/mol. The molecule has 1 unspecified atom stereocenters. The van der Waals surface area contributed by atoms with Crippen LogP contribution in [0.4, 0.5) is 11.4 Å². The maximum Gasteiger partial charge on any atom is 0.275 e. The average Bonchev–Trinajstić information content (AvgIpc) is 2.45. The summed E-state index contributed by atoms with van der Waals surface area (Å²) in [5.41, 5.74) is 0.668. The molecule has 0 aliphatic carbocycles. The fourth-order valence-corrected chi connectivity index (χ4v) is 2.13. The molecule has 0 amide bonds. The minimum absolute atomic E-state index is 0.00790. The number of likely N-dealkylation sites (N-methyl/N-ethyl adjacent to an activating group) is 1. The molecule has 110 valence electrons. The van der Waals surface area contributed by atoms with Crippen molar-refractivity contribution in [1.29, 1.82) is 0 Å². The Morgan fingerprint density at radius 1 is 1.55 bits per heavy atom. The molecule has 1 aliphatic rings. The number of nitrogens with one attached hydrogen (secondary N) is 1. The number of rotatable bonds is 5. The smallest absolute Gasteiger partial charge is 0.275 e. The van der Waals surface area contributed by atoms with E-state index in [1.54, 1.807) is 6.07 Å². The molecule has 1 atom stereocenters. The molecule has 0 spiro atoms. The molecule has 20 heavy (non-hydrogen) atoms. The Hall–Kier alpha value is -1.86. The van der Waals surface area contributed by atoms with E-state index in [-0.39, 0.29) is 11.8 Å². The Kier molecular flexibility index (Phi) is 4.75. The van der Waals surface area contributed by atoms with Crippen LogP contribution in [0.25, 0.3) is 0 Å². The van der Waals surface area contributed by atoms with Gasteiger partial charge >= 0.3 is 0 Å². The average molecular weight is 281 g/mol. The second-order valence-electron chi connectivity index (χ2n) is 4.81. The van der Waals surface area contributed by atoms with Crippen molar-refractivity contribution in [2.24, 2.45) is 0 Å². The van der Waals surface area contributed by atoms with Crippen LogP contribution in [-0.4, -0.2) is 56.3 Å². The van der Waals surface area contributed by atoms with Gasteiger partial charge in [0.1, 0.15) is 5.75 Å². The summed E-state index contributed by atoms with van der Waals surface area (Å²) in [6, 6.07) is 4.63. The van der Waals surface area contributed by atoms with Gasteiger partial charge in [-0.1, -0.05) is 0 Å². The van der Waals surface area contributed by atoms with Gasteiger partial charge in [0, 0.05) is 37.5 Å². The quantitative estimate of drug-likeness (QED) is 0.648. The minimum Gasteiger partial charge on any atom is -0.496 e. The van der Waals surface area contributed by atoms with Gasteiger partial charge < -0.3 is 19.7 Å². The Morgan fingerprint density at radius 3 is 3.00 bits per heavy atom. The lowest BCUT2D eigenvalue weighted by atomic mass is 10.2. The standard InChI is InChI=1S/C13H19N3O4/c1-15-3-4-20-13(9-15)8-14-10-5-11(16(17)18)7-12(6-10)19-2/h5-7,13-14H,3-4,8-9H2,1-2H3. The Balaban J connectivity index is 2.01. The molecule has 7 nitrogen and oxygen atoms in total. The third-order valence-corrected chi connectivity index (χ3v) is 3.21. The summed E-state index contributed by atoms with van der Waals surface area (Å²) in [5, 5.41) is 14.0. The molecular formula is C13H19N3O4. The molecule has 1 heterocycles. The molecule has 1 aromatic carbocycles. The number of ether oxygens (including phenoxy) is 2. The summed E-state index contributed by atoms with van der Waals surface area (Å²) in [6.07, 6.45) is 0.0824. The number of nitro benzene ring substituents is 1. The van der Waals surface area contributed by atoms with Crippen molar-refractivity contribution in [3.63, 3.8) is 0 Å². The molecule has 0 aromatic heterocycles. The van der Waals surface area contributed by atoms with Crippen LogP contribution < -0.4 is 10.1 Å². The van der Waals surface area contributed by atoms with Crippen molar-refractivity contribution in [3.8, 4) is 5.75 Å². The van der Waals surface area contributed by atoms with Crippen LogP contribution in [0.2, 0.25) is 0 Å². The minimum atomic E-state index is -0.432. The van der Waals surface area contributed by atoms with E-state index in [1.165, 1.54) is 19.2 Å². The zero-order chi connectivity index (χ0) is 14.5.